The Kier molecular flexibility index (Phi) is 4.63. The van der Waals surface area contributed by atoms with Crippen LogP contribution >= 0.6 is 22.9 Å². The monoisotopic (exact) mass is 324 g/mol. The minimum absolute atomic E-state index is 0.220. The van der Waals surface area contributed by atoms with Crippen molar-refractivity contribution in [2.24, 2.45) is 0 Å². The third kappa shape index (κ3) is 3.48. The number of carbonyl (C=O) groups is 1. The minimum atomic E-state index is -0.220. The van der Waals surface area contributed by atoms with Crippen molar-refractivity contribution >= 4 is 28.8 Å². The van der Waals surface area contributed by atoms with Crippen molar-refractivity contribution in [2.45, 2.75) is 18.9 Å². The van der Waals surface area contributed by atoms with Crippen LogP contribution in [0.1, 0.15) is 34.3 Å². The van der Waals surface area contributed by atoms with Crippen molar-refractivity contribution in [1.82, 2.24) is 10.2 Å². The number of rotatable bonds is 5. The Morgan fingerprint density at radius 2 is 2.19 bits per heavy atom. The molecule has 0 saturated carbocycles. The normalized spacial score (nSPS) is 17.0. The first kappa shape index (κ1) is 14.6. The lowest BCUT2D eigenvalue weighted by atomic mass is 10.2. The van der Waals surface area contributed by atoms with Gasteiger partial charge in [-0.25, -0.2) is 0 Å². The van der Waals surface area contributed by atoms with Gasteiger partial charge in [0.1, 0.15) is 0 Å². The van der Waals surface area contributed by atoms with Crippen LogP contribution in [0, 0.1) is 0 Å². The van der Waals surface area contributed by atoms with Crippen LogP contribution in [0.25, 0.3) is 0 Å². The first-order chi connectivity index (χ1) is 10.2. The van der Waals surface area contributed by atoms with E-state index >= 15 is 0 Å². The number of nitrogens with zero attached hydrogens (tertiary/aromatic N) is 1. The molecule has 1 aliphatic heterocycles. The average Bonchev–Trinajstić information content (AvgIpc) is 3.21. The van der Waals surface area contributed by atoms with Gasteiger partial charge in [0.2, 0.25) is 0 Å². The maximum atomic E-state index is 12.1. The Morgan fingerprint density at radius 3 is 2.81 bits per heavy atom. The summed E-state index contributed by atoms with van der Waals surface area (Å²) >= 11 is 7.43. The predicted octanol–water partition coefficient (Wildman–Crippen LogP) is 3.56. The molecule has 3 rings (SSSR count). The van der Waals surface area contributed by atoms with Crippen LogP contribution in [0.15, 0.2) is 34.1 Å². The molecule has 3 heterocycles. The molecule has 4 nitrogen and oxygen atoms in total. The zero-order chi connectivity index (χ0) is 14.7. The van der Waals surface area contributed by atoms with Gasteiger partial charge in [-0.2, -0.15) is 0 Å². The van der Waals surface area contributed by atoms with E-state index < -0.39 is 0 Å². The molecule has 0 radical (unpaired) electrons. The average molecular weight is 325 g/mol. The topological polar surface area (TPSA) is 45.5 Å². The number of halogens is 1. The van der Waals surface area contributed by atoms with Gasteiger partial charge in [-0.15, -0.1) is 11.3 Å². The Hall–Kier alpha value is -1.30. The third-order valence-electron chi connectivity index (χ3n) is 3.71. The second kappa shape index (κ2) is 6.64. The number of amides is 1. The molecule has 6 heteroatoms. The molecule has 0 aromatic carbocycles. The maximum Gasteiger partial charge on any atom is 0.287 e. The van der Waals surface area contributed by atoms with E-state index in [0.717, 1.165) is 13.1 Å². The lowest BCUT2D eigenvalue weighted by Crippen LogP contribution is -2.36. The summed E-state index contributed by atoms with van der Waals surface area (Å²) in [6, 6.07) is 7.59. The van der Waals surface area contributed by atoms with Crippen LogP contribution in [-0.2, 0) is 0 Å². The molecule has 1 fully saturated rings. The van der Waals surface area contributed by atoms with Gasteiger partial charge in [0, 0.05) is 11.4 Å². The molecule has 2 aromatic rings. The van der Waals surface area contributed by atoms with Crippen molar-refractivity contribution in [3.05, 3.63) is 45.5 Å². The van der Waals surface area contributed by atoms with Gasteiger partial charge >= 0.3 is 0 Å². The van der Waals surface area contributed by atoms with Crippen molar-refractivity contribution in [2.75, 3.05) is 19.6 Å². The van der Waals surface area contributed by atoms with Gasteiger partial charge in [0.25, 0.3) is 5.91 Å². The first-order valence-corrected chi connectivity index (χ1v) is 8.31. The lowest BCUT2D eigenvalue weighted by Gasteiger charge is -2.26. The van der Waals surface area contributed by atoms with E-state index in [4.69, 9.17) is 16.0 Å². The van der Waals surface area contributed by atoms with Crippen LogP contribution in [-0.4, -0.2) is 30.4 Å². The molecule has 112 valence electrons. The Labute approximate surface area is 132 Å². The van der Waals surface area contributed by atoms with E-state index in [9.17, 15) is 4.79 Å². The van der Waals surface area contributed by atoms with Crippen LogP contribution in [0.2, 0.25) is 5.22 Å². The molecule has 1 aliphatic rings. The molecule has 1 unspecified atom stereocenters. The largest absolute Gasteiger partial charge is 0.440 e. The van der Waals surface area contributed by atoms with Crippen molar-refractivity contribution < 1.29 is 9.21 Å². The van der Waals surface area contributed by atoms with E-state index in [-0.39, 0.29) is 22.9 Å². The highest BCUT2D eigenvalue weighted by atomic mass is 35.5. The molecular formula is C15H17ClN2O2S. The Balaban J connectivity index is 1.66. The van der Waals surface area contributed by atoms with E-state index in [1.165, 1.54) is 17.7 Å². The van der Waals surface area contributed by atoms with E-state index in [0.29, 0.717) is 6.54 Å². The standard InChI is InChI=1S/C15H17ClN2O2S/c16-14-6-5-12(20-14)15(19)17-10-11(13-4-3-9-21-13)18-7-1-2-8-18/h3-6,9,11H,1-2,7-8,10H2,(H,17,19). The highest BCUT2D eigenvalue weighted by Crippen LogP contribution is 2.28. The summed E-state index contributed by atoms with van der Waals surface area (Å²) in [5.41, 5.74) is 0. The third-order valence-corrected chi connectivity index (χ3v) is 4.88. The molecule has 0 bridgehead atoms. The summed E-state index contributed by atoms with van der Waals surface area (Å²) in [4.78, 5) is 15.8. The van der Waals surface area contributed by atoms with Crippen LogP contribution in [0.5, 0.6) is 0 Å². The molecule has 1 N–H and O–H groups in total. The van der Waals surface area contributed by atoms with Crippen molar-refractivity contribution in [3.63, 3.8) is 0 Å². The fraction of sp³-hybridized carbons (Fsp3) is 0.400. The number of likely N-dealkylation sites (tertiary alicyclic amines) is 1. The van der Waals surface area contributed by atoms with Crippen LogP contribution < -0.4 is 5.32 Å². The molecule has 1 saturated heterocycles. The number of furan rings is 1. The van der Waals surface area contributed by atoms with Crippen LogP contribution in [0.4, 0.5) is 0 Å². The summed E-state index contributed by atoms with van der Waals surface area (Å²) in [6.45, 7) is 2.76. The van der Waals surface area contributed by atoms with E-state index in [1.54, 1.807) is 23.5 Å². The molecule has 0 aliphatic carbocycles. The number of nitrogens with one attached hydrogen (secondary N) is 1. The summed E-state index contributed by atoms with van der Waals surface area (Å²) in [6.07, 6.45) is 2.45. The zero-order valence-electron chi connectivity index (χ0n) is 11.5. The summed E-state index contributed by atoms with van der Waals surface area (Å²) < 4.78 is 5.14. The van der Waals surface area contributed by atoms with E-state index in [1.807, 2.05) is 0 Å². The molecule has 1 amide bonds. The Bertz CT molecular complexity index is 591. The van der Waals surface area contributed by atoms with Gasteiger partial charge in [0.05, 0.1) is 6.04 Å². The molecule has 1 atom stereocenters. The quantitative estimate of drug-likeness (QED) is 0.914. The Morgan fingerprint density at radius 1 is 1.38 bits per heavy atom. The molecule has 2 aromatic heterocycles. The number of hydrogen-bond acceptors (Lipinski definition) is 4. The predicted molar refractivity (Wildman–Crippen MR) is 83.9 cm³/mol. The van der Waals surface area contributed by atoms with E-state index in [2.05, 4.69) is 27.7 Å². The highest BCUT2D eigenvalue weighted by molar-refractivity contribution is 7.10. The SMILES string of the molecule is O=C(NCC(c1cccs1)N1CCCC1)c1ccc(Cl)o1. The number of thiophene rings is 1. The van der Waals surface area contributed by atoms with Gasteiger partial charge in [-0.05, 0) is 61.1 Å². The second-order valence-electron chi connectivity index (χ2n) is 5.09. The molecule has 21 heavy (non-hydrogen) atoms. The highest BCUT2D eigenvalue weighted by Gasteiger charge is 2.25. The molecular weight excluding hydrogens is 308 g/mol. The van der Waals surface area contributed by atoms with Gasteiger partial charge in [-0.3, -0.25) is 9.69 Å². The van der Waals surface area contributed by atoms with Crippen LogP contribution in [0.3, 0.4) is 0 Å². The fourth-order valence-corrected chi connectivity index (χ4v) is 3.66. The number of carbonyl (C=O) groups excluding carboxylic acids is 1. The zero-order valence-corrected chi connectivity index (χ0v) is 13.1. The minimum Gasteiger partial charge on any atom is -0.440 e. The van der Waals surface area contributed by atoms with Crippen molar-refractivity contribution in [3.8, 4) is 0 Å². The van der Waals surface area contributed by atoms with Gasteiger partial charge < -0.3 is 9.73 Å². The smallest absolute Gasteiger partial charge is 0.287 e. The van der Waals surface area contributed by atoms with Gasteiger partial charge in [0.15, 0.2) is 11.0 Å². The van der Waals surface area contributed by atoms with Gasteiger partial charge in [-0.1, -0.05) is 6.07 Å². The second-order valence-corrected chi connectivity index (χ2v) is 6.44. The first-order valence-electron chi connectivity index (χ1n) is 7.05. The van der Waals surface area contributed by atoms with Crippen molar-refractivity contribution in [1.29, 1.82) is 0 Å². The number of hydrogen-bond donors (Lipinski definition) is 1. The lowest BCUT2D eigenvalue weighted by molar-refractivity contribution is 0.0911. The fourth-order valence-electron chi connectivity index (χ4n) is 2.66. The maximum absolute atomic E-state index is 12.1. The summed E-state index contributed by atoms with van der Waals surface area (Å²) in [7, 11) is 0. The summed E-state index contributed by atoms with van der Waals surface area (Å²) in [5.74, 6) is 0.0361. The summed E-state index contributed by atoms with van der Waals surface area (Å²) in [5, 5.41) is 5.26. The molecule has 0 spiro atoms.